The maximum absolute atomic E-state index is 13.1. The van der Waals surface area contributed by atoms with Crippen LogP contribution in [-0.4, -0.2) is 56.6 Å². The summed E-state index contributed by atoms with van der Waals surface area (Å²) in [4.78, 5) is 15.5. The van der Waals surface area contributed by atoms with E-state index in [1.165, 1.54) is 0 Å². The maximum atomic E-state index is 13.1. The third-order valence-electron chi connectivity index (χ3n) is 6.05. The fraction of sp³-hybridized carbons (Fsp3) is 0.409. The summed E-state index contributed by atoms with van der Waals surface area (Å²) >= 11 is 0. The molecule has 0 radical (unpaired) electrons. The van der Waals surface area contributed by atoms with E-state index in [1.807, 2.05) is 24.3 Å². The van der Waals surface area contributed by atoms with Crippen LogP contribution in [0.5, 0.6) is 11.5 Å². The highest BCUT2D eigenvalue weighted by Crippen LogP contribution is 2.46. The van der Waals surface area contributed by atoms with Crippen molar-refractivity contribution in [2.75, 3.05) is 40.4 Å². The van der Waals surface area contributed by atoms with Gasteiger partial charge in [0.15, 0.2) is 17.3 Å². The molecule has 1 saturated heterocycles. The number of carbonyl (C=O) groups excluding carboxylic acids is 1. The number of ether oxygens (including phenoxy) is 2. The second kappa shape index (κ2) is 9.98. The highest BCUT2D eigenvalue weighted by molar-refractivity contribution is 5.91. The number of hydrogen-bond donors (Lipinski definition) is 2. The predicted octanol–water partition coefficient (Wildman–Crippen LogP) is 2.36. The average Bonchev–Trinajstić information content (AvgIpc) is 2.76. The summed E-state index contributed by atoms with van der Waals surface area (Å²) in [6, 6.07) is 14.4. The van der Waals surface area contributed by atoms with Crippen molar-refractivity contribution in [3.05, 3.63) is 59.2 Å². The number of nitrogens with two attached hydrogens (primary N) is 1. The standard InChI is InChI=1S/C22H27N3O3.2ClH/c1-27-18-10-16-12-22(20(26)13-23)14-24-8-9-25(22)21(15-6-4-3-5-7-15)17(16)11-19(18)28-2;;/h3-7,10-11,21,24H,8-9,12-14,23H2,1-2H3;2*1H. The van der Waals surface area contributed by atoms with E-state index in [-0.39, 0.29) is 43.2 Å². The molecule has 4 rings (SSSR count). The topological polar surface area (TPSA) is 76.8 Å². The van der Waals surface area contributed by atoms with Crippen molar-refractivity contribution in [3.8, 4) is 11.5 Å². The molecule has 0 spiro atoms. The number of nitrogens with zero attached hydrogens (tertiary/aromatic N) is 1. The number of benzene rings is 2. The number of methoxy groups -OCH3 is 2. The van der Waals surface area contributed by atoms with Crippen LogP contribution in [0.4, 0.5) is 0 Å². The largest absolute Gasteiger partial charge is 0.493 e. The molecule has 2 heterocycles. The molecule has 2 unspecified atom stereocenters. The Morgan fingerprint density at radius 2 is 1.83 bits per heavy atom. The molecule has 2 aromatic rings. The fourth-order valence-electron chi connectivity index (χ4n) is 4.72. The van der Waals surface area contributed by atoms with E-state index in [1.54, 1.807) is 14.2 Å². The van der Waals surface area contributed by atoms with Crippen LogP contribution in [0.2, 0.25) is 0 Å². The van der Waals surface area contributed by atoms with E-state index in [0.717, 1.165) is 29.8 Å². The van der Waals surface area contributed by atoms with Crippen LogP contribution >= 0.6 is 24.8 Å². The first-order chi connectivity index (χ1) is 13.6. The Balaban J connectivity index is 0.00000160. The Bertz CT molecular complexity index is 881. The van der Waals surface area contributed by atoms with Crippen LogP contribution in [0.1, 0.15) is 22.7 Å². The average molecular weight is 454 g/mol. The number of halogens is 2. The molecule has 30 heavy (non-hydrogen) atoms. The van der Waals surface area contributed by atoms with Gasteiger partial charge in [0, 0.05) is 19.6 Å². The number of ketones is 1. The zero-order valence-corrected chi connectivity index (χ0v) is 18.9. The maximum Gasteiger partial charge on any atom is 0.168 e. The number of hydrogen-bond acceptors (Lipinski definition) is 6. The van der Waals surface area contributed by atoms with Gasteiger partial charge in [0.25, 0.3) is 0 Å². The van der Waals surface area contributed by atoms with Crippen LogP contribution in [0.25, 0.3) is 0 Å². The second-order valence-electron chi connectivity index (χ2n) is 7.43. The van der Waals surface area contributed by atoms with Gasteiger partial charge >= 0.3 is 0 Å². The lowest BCUT2D eigenvalue weighted by molar-refractivity contribution is -0.133. The van der Waals surface area contributed by atoms with Crippen molar-refractivity contribution in [2.45, 2.75) is 18.0 Å². The molecule has 0 amide bonds. The molecule has 1 fully saturated rings. The Kier molecular flexibility index (Phi) is 8.13. The number of fused-ring (bicyclic) bond motifs is 2. The van der Waals surface area contributed by atoms with Gasteiger partial charge in [-0.05, 0) is 35.2 Å². The molecule has 8 heteroatoms. The highest BCUT2D eigenvalue weighted by atomic mass is 35.5. The van der Waals surface area contributed by atoms with E-state index in [0.29, 0.717) is 24.5 Å². The minimum Gasteiger partial charge on any atom is -0.493 e. The Morgan fingerprint density at radius 3 is 2.47 bits per heavy atom. The molecule has 2 aliphatic rings. The summed E-state index contributed by atoms with van der Waals surface area (Å²) in [5.74, 6) is 1.46. The lowest BCUT2D eigenvalue weighted by Gasteiger charge is -2.53. The second-order valence-corrected chi connectivity index (χ2v) is 7.43. The first-order valence-corrected chi connectivity index (χ1v) is 9.65. The van der Waals surface area contributed by atoms with Crippen LogP contribution < -0.4 is 20.5 Å². The summed E-state index contributed by atoms with van der Waals surface area (Å²) in [7, 11) is 3.29. The van der Waals surface area contributed by atoms with Crippen molar-refractivity contribution >= 4 is 30.6 Å². The van der Waals surface area contributed by atoms with Gasteiger partial charge in [-0.25, -0.2) is 0 Å². The van der Waals surface area contributed by atoms with Crippen molar-refractivity contribution < 1.29 is 14.3 Å². The molecule has 2 atom stereocenters. The monoisotopic (exact) mass is 453 g/mol. The van der Waals surface area contributed by atoms with Gasteiger partial charge < -0.3 is 20.5 Å². The SMILES string of the molecule is COc1cc2c(cc1OC)C(c1ccccc1)N1CCNCC1(C(=O)CN)C2.Cl.Cl. The predicted molar refractivity (Wildman–Crippen MR) is 122 cm³/mol. The first-order valence-electron chi connectivity index (χ1n) is 9.65. The summed E-state index contributed by atoms with van der Waals surface area (Å²) in [6.45, 7) is 2.24. The molecule has 0 aliphatic carbocycles. The van der Waals surface area contributed by atoms with Crippen molar-refractivity contribution in [1.29, 1.82) is 0 Å². The van der Waals surface area contributed by atoms with Gasteiger partial charge in [-0.15, -0.1) is 24.8 Å². The minimum absolute atomic E-state index is 0. The first kappa shape index (κ1) is 24.4. The summed E-state index contributed by atoms with van der Waals surface area (Å²) in [6.07, 6.45) is 0.606. The number of carbonyl (C=O) groups is 1. The van der Waals surface area contributed by atoms with Gasteiger partial charge in [0.1, 0.15) is 0 Å². The van der Waals surface area contributed by atoms with Crippen LogP contribution in [0.3, 0.4) is 0 Å². The van der Waals surface area contributed by atoms with Crippen LogP contribution in [-0.2, 0) is 11.2 Å². The Morgan fingerprint density at radius 1 is 1.17 bits per heavy atom. The number of rotatable bonds is 5. The van der Waals surface area contributed by atoms with E-state index in [4.69, 9.17) is 15.2 Å². The Labute approximate surface area is 189 Å². The van der Waals surface area contributed by atoms with E-state index < -0.39 is 5.54 Å². The van der Waals surface area contributed by atoms with Crippen molar-refractivity contribution in [2.24, 2.45) is 5.73 Å². The molecule has 0 aromatic heterocycles. The smallest absolute Gasteiger partial charge is 0.168 e. The molecular formula is C22H29Cl2N3O3. The summed E-state index contributed by atoms with van der Waals surface area (Å²) in [5, 5.41) is 3.42. The molecule has 3 N–H and O–H groups in total. The lowest BCUT2D eigenvalue weighted by atomic mass is 9.73. The fourth-order valence-corrected chi connectivity index (χ4v) is 4.72. The molecular weight excluding hydrogens is 425 g/mol. The lowest BCUT2D eigenvalue weighted by Crippen LogP contribution is -2.69. The summed E-state index contributed by atoms with van der Waals surface area (Å²) < 4.78 is 11.1. The normalized spacial score (nSPS) is 22.6. The molecule has 2 aromatic carbocycles. The van der Waals surface area contributed by atoms with Crippen LogP contribution in [0, 0.1) is 0 Å². The quantitative estimate of drug-likeness (QED) is 0.723. The number of nitrogens with one attached hydrogen (secondary N) is 1. The summed E-state index contributed by atoms with van der Waals surface area (Å²) in [5.41, 5.74) is 8.63. The molecule has 164 valence electrons. The highest BCUT2D eigenvalue weighted by Gasteiger charge is 2.51. The van der Waals surface area contributed by atoms with E-state index in [9.17, 15) is 4.79 Å². The van der Waals surface area contributed by atoms with Crippen molar-refractivity contribution in [1.82, 2.24) is 10.2 Å². The molecule has 0 bridgehead atoms. The zero-order valence-electron chi connectivity index (χ0n) is 17.2. The van der Waals surface area contributed by atoms with E-state index >= 15 is 0 Å². The van der Waals surface area contributed by atoms with E-state index in [2.05, 4.69) is 28.4 Å². The van der Waals surface area contributed by atoms with Crippen LogP contribution in [0.15, 0.2) is 42.5 Å². The van der Waals surface area contributed by atoms with Crippen molar-refractivity contribution in [3.63, 3.8) is 0 Å². The third kappa shape index (κ3) is 3.90. The third-order valence-corrected chi connectivity index (χ3v) is 6.05. The molecule has 6 nitrogen and oxygen atoms in total. The minimum atomic E-state index is -0.653. The molecule has 0 saturated carbocycles. The van der Waals surface area contributed by atoms with Gasteiger partial charge in [0.2, 0.25) is 0 Å². The van der Waals surface area contributed by atoms with Gasteiger partial charge in [-0.1, -0.05) is 30.3 Å². The van der Waals surface area contributed by atoms with Gasteiger partial charge in [0.05, 0.1) is 32.3 Å². The number of piperazine rings is 1. The number of Topliss-reactive ketones (excluding diaryl/α,β-unsaturated/α-hetero) is 1. The van der Waals surface area contributed by atoms with Gasteiger partial charge in [-0.3, -0.25) is 9.69 Å². The Hall–Kier alpha value is -1.83. The zero-order chi connectivity index (χ0) is 19.7. The molecule has 2 aliphatic heterocycles. The van der Waals surface area contributed by atoms with Gasteiger partial charge in [-0.2, -0.15) is 0 Å².